The number of aromatic nitrogens is 1. The lowest BCUT2D eigenvalue weighted by Gasteiger charge is -2.30. The third-order valence-corrected chi connectivity index (χ3v) is 4.37. The molecule has 1 aromatic carbocycles. The fourth-order valence-electron chi connectivity index (χ4n) is 3.00. The van der Waals surface area contributed by atoms with Gasteiger partial charge in [0.05, 0.1) is 23.3 Å². The molecule has 0 spiro atoms. The van der Waals surface area contributed by atoms with Crippen molar-refractivity contribution in [3.05, 3.63) is 34.1 Å². The summed E-state index contributed by atoms with van der Waals surface area (Å²) in [6.07, 6.45) is -9.97. The average Bonchev–Trinajstić information content (AvgIpc) is 2.53. The maximum absolute atomic E-state index is 13.4. The van der Waals surface area contributed by atoms with E-state index in [0.29, 0.717) is 11.1 Å². The van der Waals surface area contributed by atoms with Gasteiger partial charge in [-0.3, -0.25) is 9.36 Å². The van der Waals surface area contributed by atoms with Crippen LogP contribution in [0.15, 0.2) is 23.0 Å². The van der Waals surface area contributed by atoms with Gasteiger partial charge in [0.1, 0.15) is 18.4 Å². The molecule has 1 aromatic heterocycles. The molecule has 0 saturated heterocycles. The number of nitrogens with zero attached hydrogens (tertiary/aromatic N) is 1. The zero-order valence-electron chi connectivity index (χ0n) is 14.3. The number of anilines is 1. The summed E-state index contributed by atoms with van der Waals surface area (Å²) in [5, 5.41) is 2.43. The van der Waals surface area contributed by atoms with Gasteiger partial charge in [0.25, 0.3) is 5.56 Å². The number of pyridine rings is 1. The third-order valence-electron chi connectivity index (χ3n) is 4.37. The molecule has 0 aliphatic carbocycles. The van der Waals surface area contributed by atoms with Crippen LogP contribution in [-0.2, 0) is 12.7 Å². The summed E-state index contributed by atoms with van der Waals surface area (Å²) in [7, 11) is 0. The monoisotopic (exact) mass is 394 g/mol. The summed E-state index contributed by atoms with van der Waals surface area (Å²) in [5.74, 6) is 0.178. The van der Waals surface area contributed by atoms with Gasteiger partial charge in [-0.25, -0.2) is 0 Å². The average molecular weight is 394 g/mol. The standard InChI is InChI=1S/C17H16F6N2O2/c1-8(2)14-6-24-11-5-12-9(3-13(11)27-14)10(17(21,22)23)4-15(26)25(12)7-16(18,19)20/h3-5,8,14,24H,6-7H2,1-2H3/t14-/m0/s1. The molecule has 1 aliphatic heterocycles. The van der Waals surface area contributed by atoms with E-state index in [1.807, 2.05) is 13.8 Å². The van der Waals surface area contributed by atoms with Gasteiger partial charge < -0.3 is 10.1 Å². The number of benzene rings is 1. The zero-order chi connectivity index (χ0) is 20.1. The lowest BCUT2D eigenvalue weighted by atomic mass is 10.0. The summed E-state index contributed by atoms with van der Waals surface area (Å²) in [6.45, 7) is 2.41. The smallest absolute Gasteiger partial charge is 0.417 e. The molecule has 0 fully saturated rings. The van der Waals surface area contributed by atoms with E-state index in [-0.39, 0.29) is 29.5 Å². The van der Waals surface area contributed by atoms with Crippen molar-refractivity contribution in [3.8, 4) is 5.75 Å². The number of ether oxygens (including phenoxy) is 1. The fourth-order valence-corrected chi connectivity index (χ4v) is 3.00. The first-order chi connectivity index (χ1) is 12.4. The molecule has 27 heavy (non-hydrogen) atoms. The molecule has 3 rings (SSSR count). The second-order valence-corrected chi connectivity index (χ2v) is 6.74. The van der Waals surface area contributed by atoms with Crippen molar-refractivity contribution in [2.24, 2.45) is 5.92 Å². The van der Waals surface area contributed by atoms with Crippen LogP contribution in [-0.4, -0.2) is 23.4 Å². The Morgan fingerprint density at radius 3 is 2.41 bits per heavy atom. The van der Waals surface area contributed by atoms with Gasteiger partial charge in [-0.15, -0.1) is 0 Å². The lowest BCUT2D eigenvalue weighted by molar-refractivity contribution is -0.140. The van der Waals surface area contributed by atoms with Crippen LogP contribution in [0.25, 0.3) is 10.9 Å². The van der Waals surface area contributed by atoms with Gasteiger partial charge in [0, 0.05) is 11.5 Å². The van der Waals surface area contributed by atoms with E-state index in [4.69, 9.17) is 4.74 Å². The molecule has 1 N–H and O–H groups in total. The Balaban J connectivity index is 2.28. The number of nitrogens with one attached hydrogen (secondary N) is 1. The number of fused-ring (bicyclic) bond motifs is 2. The minimum Gasteiger partial charge on any atom is -0.486 e. The minimum atomic E-state index is -4.90. The topological polar surface area (TPSA) is 43.3 Å². The Morgan fingerprint density at radius 1 is 1.19 bits per heavy atom. The van der Waals surface area contributed by atoms with E-state index in [2.05, 4.69) is 5.32 Å². The van der Waals surface area contributed by atoms with Gasteiger partial charge in [-0.1, -0.05) is 13.8 Å². The quantitative estimate of drug-likeness (QED) is 0.768. The molecule has 0 bridgehead atoms. The number of rotatable bonds is 2. The summed E-state index contributed by atoms with van der Waals surface area (Å²) >= 11 is 0. The van der Waals surface area contributed by atoms with Crippen LogP contribution in [0.1, 0.15) is 19.4 Å². The number of hydrogen-bond acceptors (Lipinski definition) is 3. The highest BCUT2D eigenvalue weighted by Crippen LogP contribution is 2.40. The van der Waals surface area contributed by atoms with Crippen LogP contribution in [0.4, 0.5) is 32.0 Å². The molecular weight excluding hydrogens is 378 g/mol. The van der Waals surface area contributed by atoms with Crippen molar-refractivity contribution in [2.75, 3.05) is 11.9 Å². The summed E-state index contributed by atoms with van der Waals surface area (Å²) in [5.41, 5.74) is -2.87. The summed E-state index contributed by atoms with van der Waals surface area (Å²) < 4.78 is 84.6. The summed E-state index contributed by atoms with van der Waals surface area (Å²) in [6, 6.07) is 2.33. The Bertz CT molecular complexity index is 930. The Morgan fingerprint density at radius 2 is 1.85 bits per heavy atom. The molecule has 0 saturated carbocycles. The van der Waals surface area contributed by atoms with E-state index in [0.717, 1.165) is 12.1 Å². The molecule has 148 valence electrons. The molecule has 0 amide bonds. The Labute approximate surface area is 149 Å². The van der Waals surface area contributed by atoms with Crippen molar-refractivity contribution < 1.29 is 31.1 Å². The van der Waals surface area contributed by atoms with Gasteiger partial charge in [-0.2, -0.15) is 26.3 Å². The lowest BCUT2D eigenvalue weighted by Crippen LogP contribution is -2.35. The second kappa shape index (κ2) is 6.35. The predicted octanol–water partition coefficient (Wildman–Crippen LogP) is 4.41. The molecule has 10 heteroatoms. The SMILES string of the molecule is CC(C)[C@@H]1CNc2cc3c(cc2O1)c(C(F)(F)F)cc(=O)n3CC(F)(F)F. The summed E-state index contributed by atoms with van der Waals surface area (Å²) in [4.78, 5) is 12.0. The first kappa shape index (κ1) is 19.4. The molecule has 2 aromatic rings. The second-order valence-electron chi connectivity index (χ2n) is 6.74. The van der Waals surface area contributed by atoms with Gasteiger partial charge in [-0.05, 0) is 18.1 Å². The number of alkyl halides is 6. The predicted molar refractivity (Wildman–Crippen MR) is 87.0 cm³/mol. The van der Waals surface area contributed by atoms with E-state index >= 15 is 0 Å². The van der Waals surface area contributed by atoms with E-state index < -0.39 is 40.9 Å². The maximum Gasteiger partial charge on any atom is 0.417 e. The van der Waals surface area contributed by atoms with Gasteiger partial charge in [0.15, 0.2) is 0 Å². The number of halogens is 6. The van der Waals surface area contributed by atoms with Crippen LogP contribution < -0.4 is 15.6 Å². The van der Waals surface area contributed by atoms with Crippen LogP contribution in [0.2, 0.25) is 0 Å². The van der Waals surface area contributed by atoms with E-state index in [9.17, 15) is 31.1 Å². The van der Waals surface area contributed by atoms with Gasteiger partial charge in [0.2, 0.25) is 0 Å². The first-order valence-electron chi connectivity index (χ1n) is 8.13. The molecule has 2 heterocycles. The Hall–Kier alpha value is -2.39. The Kier molecular flexibility index (Phi) is 4.55. The highest BCUT2D eigenvalue weighted by atomic mass is 19.4. The highest BCUT2D eigenvalue weighted by molar-refractivity contribution is 5.89. The van der Waals surface area contributed by atoms with Crippen molar-refractivity contribution in [2.45, 2.75) is 38.8 Å². The van der Waals surface area contributed by atoms with Crippen LogP contribution in [0.5, 0.6) is 5.75 Å². The molecule has 0 unspecified atom stereocenters. The van der Waals surface area contributed by atoms with Crippen molar-refractivity contribution >= 4 is 16.6 Å². The molecule has 1 aliphatic rings. The first-order valence-corrected chi connectivity index (χ1v) is 8.13. The normalized spacial score (nSPS) is 17.6. The van der Waals surface area contributed by atoms with E-state index in [1.165, 1.54) is 0 Å². The molecule has 4 nitrogen and oxygen atoms in total. The van der Waals surface area contributed by atoms with Gasteiger partial charge >= 0.3 is 12.4 Å². The van der Waals surface area contributed by atoms with Crippen molar-refractivity contribution in [1.82, 2.24) is 4.57 Å². The molecule has 1 atom stereocenters. The van der Waals surface area contributed by atoms with Crippen LogP contribution in [0.3, 0.4) is 0 Å². The van der Waals surface area contributed by atoms with Crippen LogP contribution >= 0.6 is 0 Å². The largest absolute Gasteiger partial charge is 0.486 e. The third kappa shape index (κ3) is 3.84. The highest BCUT2D eigenvalue weighted by Gasteiger charge is 2.37. The fraction of sp³-hybridized carbons (Fsp3) is 0.471. The number of hydrogen-bond donors (Lipinski definition) is 1. The molecular formula is C17H16F6N2O2. The maximum atomic E-state index is 13.4. The van der Waals surface area contributed by atoms with Crippen LogP contribution in [0, 0.1) is 5.92 Å². The van der Waals surface area contributed by atoms with Crippen molar-refractivity contribution in [3.63, 3.8) is 0 Å². The molecule has 0 radical (unpaired) electrons. The van der Waals surface area contributed by atoms with E-state index in [1.54, 1.807) is 0 Å². The zero-order valence-corrected chi connectivity index (χ0v) is 14.3. The minimum absolute atomic E-state index is 0.0719. The van der Waals surface area contributed by atoms with Crippen molar-refractivity contribution in [1.29, 1.82) is 0 Å².